The fourth-order valence-electron chi connectivity index (χ4n) is 2.52. The Balaban J connectivity index is 2.28. The second-order valence-electron chi connectivity index (χ2n) is 6.07. The molecule has 0 saturated carbocycles. The molecule has 0 aliphatic carbocycles. The van der Waals surface area contributed by atoms with E-state index < -0.39 is 5.97 Å². The van der Waals surface area contributed by atoms with Crippen molar-refractivity contribution in [2.75, 3.05) is 6.54 Å². The number of carbonyl (C=O) groups excluding carboxylic acids is 1. The Labute approximate surface area is 142 Å². The summed E-state index contributed by atoms with van der Waals surface area (Å²) in [4.78, 5) is 29.3. The van der Waals surface area contributed by atoms with E-state index in [0.717, 1.165) is 16.7 Å². The van der Waals surface area contributed by atoms with Crippen molar-refractivity contribution >= 4 is 11.9 Å². The molecule has 1 amide bonds. The highest BCUT2D eigenvalue weighted by atomic mass is 16.4. The van der Waals surface area contributed by atoms with Gasteiger partial charge in [0.05, 0.1) is 12.0 Å². The third-order valence-electron chi connectivity index (χ3n) is 3.79. The molecule has 0 saturated heterocycles. The van der Waals surface area contributed by atoms with E-state index in [1.165, 1.54) is 6.20 Å². The first-order valence-corrected chi connectivity index (χ1v) is 7.93. The normalized spacial score (nSPS) is 10.7. The van der Waals surface area contributed by atoms with Gasteiger partial charge in [-0.15, -0.1) is 0 Å². The number of rotatable bonds is 6. The molecule has 0 aliphatic rings. The lowest BCUT2D eigenvalue weighted by molar-refractivity contribution is -0.137. The van der Waals surface area contributed by atoms with Crippen LogP contribution in [0.15, 0.2) is 42.7 Å². The number of hydrogen-bond donors (Lipinski definition) is 1. The fourth-order valence-corrected chi connectivity index (χ4v) is 2.52. The third kappa shape index (κ3) is 4.41. The Morgan fingerprint density at radius 1 is 1.17 bits per heavy atom. The summed E-state index contributed by atoms with van der Waals surface area (Å²) < 4.78 is 0. The Bertz CT molecular complexity index is 741. The number of aliphatic carboxylic acids is 1. The Kier molecular flexibility index (Phi) is 5.68. The molecule has 1 aromatic carbocycles. The van der Waals surface area contributed by atoms with Crippen molar-refractivity contribution in [2.45, 2.75) is 33.2 Å². The van der Waals surface area contributed by atoms with E-state index in [-0.39, 0.29) is 24.9 Å². The highest BCUT2D eigenvalue weighted by Crippen LogP contribution is 2.21. The van der Waals surface area contributed by atoms with Gasteiger partial charge in [-0.2, -0.15) is 0 Å². The van der Waals surface area contributed by atoms with Crippen LogP contribution in [-0.2, 0) is 4.79 Å². The molecule has 24 heavy (non-hydrogen) atoms. The first-order chi connectivity index (χ1) is 11.4. The summed E-state index contributed by atoms with van der Waals surface area (Å²) in [5.41, 5.74) is 3.47. The molecule has 5 nitrogen and oxygen atoms in total. The van der Waals surface area contributed by atoms with E-state index in [1.54, 1.807) is 17.2 Å². The number of carbonyl (C=O) groups is 2. The summed E-state index contributed by atoms with van der Waals surface area (Å²) >= 11 is 0. The molecule has 2 rings (SSSR count). The molecule has 0 spiro atoms. The number of nitrogens with zero attached hydrogens (tertiary/aromatic N) is 2. The minimum atomic E-state index is -0.917. The van der Waals surface area contributed by atoms with Crippen molar-refractivity contribution in [2.24, 2.45) is 0 Å². The van der Waals surface area contributed by atoms with Gasteiger partial charge in [-0.05, 0) is 32.4 Å². The quantitative estimate of drug-likeness (QED) is 0.883. The van der Waals surface area contributed by atoms with Gasteiger partial charge in [-0.25, -0.2) is 0 Å². The zero-order valence-electron chi connectivity index (χ0n) is 14.2. The highest BCUT2D eigenvalue weighted by molar-refractivity contribution is 5.95. The second kappa shape index (κ2) is 7.73. The summed E-state index contributed by atoms with van der Waals surface area (Å²) in [5.74, 6) is -1.12. The van der Waals surface area contributed by atoms with Gasteiger partial charge >= 0.3 is 5.97 Å². The number of carboxylic acids is 1. The smallest absolute Gasteiger partial charge is 0.305 e. The second-order valence-corrected chi connectivity index (χ2v) is 6.07. The Hall–Kier alpha value is -2.69. The summed E-state index contributed by atoms with van der Waals surface area (Å²) in [6.07, 6.45) is 3.18. The number of pyridine rings is 1. The molecule has 0 fully saturated rings. The number of carboxylic acid groups (broad SMARTS) is 1. The SMILES string of the molecule is Cc1cccc(-c2cncc(C(=O)N(CCC(=O)O)C(C)C)c2)c1. The molecule has 1 aromatic heterocycles. The van der Waals surface area contributed by atoms with E-state index in [0.29, 0.717) is 5.56 Å². The molecular weight excluding hydrogens is 304 g/mol. The maximum Gasteiger partial charge on any atom is 0.305 e. The maximum atomic E-state index is 12.7. The van der Waals surface area contributed by atoms with Crippen molar-refractivity contribution in [3.05, 3.63) is 53.9 Å². The number of aryl methyl sites for hydroxylation is 1. The Morgan fingerprint density at radius 2 is 1.92 bits per heavy atom. The maximum absolute atomic E-state index is 12.7. The molecule has 0 unspecified atom stereocenters. The minimum absolute atomic E-state index is 0.0745. The standard InChI is InChI=1S/C19H22N2O3/c1-13(2)21(8-7-18(22)23)19(24)17-10-16(11-20-12-17)15-6-4-5-14(3)9-15/h4-6,9-13H,7-8H2,1-3H3,(H,22,23). The Morgan fingerprint density at radius 3 is 2.54 bits per heavy atom. The summed E-state index contributed by atoms with van der Waals surface area (Å²) in [5, 5.41) is 8.86. The van der Waals surface area contributed by atoms with Crippen LogP contribution >= 0.6 is 0 Å². The highest BCUT2D eigenvalue weighted by Gasteiger charge is 2.20. The van der Waals surface area contributed by atoms with Crippen LogP contribution in [0.3, 0.4) is 0 Å². The van der Waals surface area contributed by atoms with Gasteiger partial charge < -0.3 is 10.0 Å². The molecule has 0 aliphatic heterocycles. The van der Waals surface area contributed by atoms with Crippen molar-refractivity contribution in [1.82, 2.24) is 9.88 Å². The molecule has 2 aromatic rings. The number of hydrogen-bond acceptors (Lipinski definition) is 3. The van der Waals surface area contributed by atoms with E-state index in [2.05, 4.69) is 4.98 Å². The molecule has 1 heterocycles. The topological polar surface area (TPSA) is 70.5 Å². The van der Waals surface area contributed by atoms with E-state index in [4.69, 9.17) is 5.11 Å². The van der Waals surface area contributed by atoms with Gasteiger partial charge in [-0.3, -0.25) is 14.6 Å². The van der Waals surface area contributed by atoms with Gasteiger partial charge in [0, 0.05) is 30.5 Å². The van der Waals surface area contributed by atoms with Crippen LogP contribution in [-0.4, -0.2) is 39.5 Å². The third-order valence-corrected chi connectivity index (χ3v) is 3.79. The van der Waals surface area contributed by atoms with E-state index in [9.17, 15) is 9.59 Å². The van der Waals surface area contributed by atoms with Crippen molar-refractivity contribution in [1.29, 1.82) is 0 Å². The van der Waals surface area contributed by atoms with Crippen molar-refractivity contribution in [3.8, 4) is 11.1 Å². The molecule has 0 bridgehead atoms. The molecular formula is C19H22N2O3. The average Bonchev–Trinajstić information content (AvgIpc) is 2.54. The van der Waals surface area contributed by atoms with Gasteiger partial charge in [0.1, 0.15) is 0 Å². The van der Waals surface area contributed by atoms with Crippen molar-refractivity contribution in [3.63, 3.8) is 0 Å². The van der Waals surface area contributed by atoms with Crippen LogP contribution in [0.25, 0.3) is 11.1 Å². The number of benzene rings is 1. The minimum Gasteiger partial charge on any atom is -0.481 e. The average molecular weight is 326 g/mol. The molecule has 0 radical (unpaired) electrons. The van der Waals surface area contributed by atoms with Crippen LogP contribution < -0.4 is 0 Å². The lowest BCUT2D eigenvalue weighted by Gasteiger charge is -2.26. The summed E-state index contributed by atoms with van der Waals surface area (Å²) in [6, 6.07) is 9.71. The zero-order valence-corrected chi connectivity index (χ0v) is 14.2. The molecule has 126 valence electrons. The molecule has 5 heteroatoms. The lowest BCUT2D eigenvalue weighted by Crippen LogP contribution is -2.38. The van der Waals surface area contributed by atoms with Gasteiger partial charge in [0.2, 0.25) is 0 Å². The largest absolute Gasteiger partial charge is 0.481 e. The first-order valence-electron chi connectivity index (χ1n) is 7.93. The number of amides is 1. The lowest BCUT2D eigenvalue weighted by atomic mass is 10.0. The number of aromatic nitrogens is 1. The molecule has 0 atom stereocenters. The van der Waals surface area contributed by atoms with Crippen molar-refractivity contribution < 1.29 is 14.7 Å². The van der Waals surface area contributed by atoms with E-state index >= 15 is 0 Å². The predicted molar refractivity (Wildman–Crippen MR) is 92.8 cm³/mol. The fraction of sp³-hybridized carbons (Fsp3) is 0.316. The summed E-state index contributed by atoms with van der Waals surface area (Å²) in [6.45, 7) is 5.94. The van der Waals surface area contributed by atoms with Gasteiger partial charge in [0.15, 0.2) is 0 Å². The van der Waals surface area contributed by atoms with Crippen LogP contribution in [0.1, 0.15) is 36.2 Å². The van der Waals surface area contributed by atoms with Crippen LogP contribution in [0.4, 0.5) is 0 Å². The first kappa shape index (κ1) is 17.7. The van der Waals surface area contributed by atoms with Crippen LogP contribution in [0, 0.1) is 6.92 Å². The van der Waals surface area contributed by atoms with Crippen LogP contribution in [0.2, 0.25) is 0 Å². The van der Waals surface area contributed by atoms with E-state index in [1.807, 2.05) is 45.0 Å². The zero-order chi connectivity index (χ0) is 17.7. The predicted octanol–water partition coefficient (Wildman–Crippen LogP) is 3.38. The van der Waals surface area contributed by atoms with Crippen LogP contribution in [0.5, 0.6) is 0 Å². The summed E-state index contributed by atoms with van der Waals surface area (Å²) in [7, 11) is 0. The monoisotopic (exact) mass is 326 g/mol. The molecule has 1 N–H and O–H groups in total. The van der Waals surface area contributed by atoms with Gasteiger partial charge in [-0.1, -0.05) is 29.8 Å². The van der Waals surface area contributed by atoms with Gasteiger partial charge in [0.25, 0.3) is 5.91 Å².